The van der Waals surface area contributed by atoms with Crippen LogP contribution in [0.15, 0.2) is 36.9 Å². The summed E-state index contributed by atoms with van der Waals surface area (Å²) in [5.41, 5.74) is 2.44. The molecule has 1 amide bonds. The van der Waals surface area contributed by atoms with Crippen LogP contribution in [0.1, 0.15) is 35.9 Å². The number of fused-ring (bicyclic) bond motifs is 1. The molecule has 3 aromatic heterocycles. The summed E-state index contributed by atoms with van der Waals surface area (Å²) in [5.74, 6) is 1.26. The standard InChI is InChI=1S/C18H22N6O/c1-2-19-10-14-16-5-3-4-8-24(16)18(22-14)23-11-15(21-12-23)17(25)20-9-13-6-7-13/h3-5,8,11-13,19H,2,6-7,9-10H2,1H3,(H,20,25). The van der Waals surface area contributed by atoms with Crippen LogP contribution in [0.4, 0.5) is 0 Å². The second-order valence-corrected chi connectivity index (χ2v) is 6.41. The quantitative estimate of drug-likeness (QED) is 0.688. The molecule has 0 atom stereocenters. The molecule has 3 heterocycles. The highest BCUT2D eigenvalue weighted by Gasteiger charge is 2.22. The fourth-order valence-electron chi connectivity index (χ4n) is 2.84. The first kappa shape index (κ1) is 15.8. The number of amides is 1. The summed E-state index contributed by atoms with van der Waals surface area (Å²) in [4.78, 5) is 21.2. The summed E-state index contributed by atoms with van der Waals surface area (Å²) >= 11 is 0. The molecule has 3 aromatic rings. The Labute approximate surface area is 146 Å². The Morgan fingerprint density at radius 3 is 3.04 bits per heavy atom. The van der Waals surface area contributed by atoms with Gasteiger partial charge in [-0.05, 0) is 37.4 Å². The van der Waals surface area contributed by atoms with Crippen molar-refractivity contribution in [3.8, 4) is 5.95 Å². The van der Waals surface area contributed by atoms with Gasteiger partial charge in [0.15, 0.2) is 0 Å². The third kappa shape index (κ3) is 3.28. The minimum Gasteiger partial charge on any atom is -0.350 e. The maximum Gasteiger partial charge on any atom is 0.271 e. The molecule has 1 fully saturated rings. The van der Waals surface area contributed by atoms with Gasteiger partial charge in [-0.1, -0.05) is 13.0 Å². The summed E-state index contributed by atoms with van der Waals surface area (Å²) < 4.78 is 3.81. The van der Waals surface area contributed by atoms with Crippen molar-refractivity contribution in [1.29, 1.82) is 0 Å². The van der Waals surface area contributed by atoms with E-state index in [0.29, 0.717) is 18.2 Å². The molecule has 1 aliphatic rings. The first-order valence-electron chi connectivity index (χ1n) is 8.75. The van der Waals surface area contributed by atoms with Gasteiger partial charge in [0.2, 0.25) is 5.95 Å². The van der Waals surface area contributed by atoms with Gasteiger partial charge in [0, 0.05) is 25.5 Å². The van der Waals surface area contributed by atoms with Gasteiger partial charge in [0.05, 0.1) is 11.2 Å². The lowest BCUT2D eigenvalue weighted by atomic mass is 10.3. The van der Waals surface area contributed by atoms with Crippen LogP contribution >= 0.6 is 0 Å². The van der Waals surface area contributed by atoms with Crippen LogP contribution in [0, 0.1) is 5.92 Å². The molecular weight excluding hydrogens is 316 g/mol. The van der Waals surface area contributed by atoms with Gasteiger partial charge < -0.3 is 10.6 Å². The normalized spacial score (nSPS) is 14.1. The van der Waals surface area contributed by atoms with Gasteiger partial charge in [-0.2, -0.15) is 0 Å². The van der Waals surface area contributed by atoms with Gasteiger partial charge in [0.1, 0.15) is 12.0 Å². The van der Waals surface area contributed by atoms with Crippen molar-refractivity contribution in [2.45, 2.75) is 26.3 Å². The summed E-state index contributed by atoms with van der Waals surface area (Å²) in [5, 5.41) is 6.26. The Hall–Kier alpha value is -2.67. The third-order valence-corrected chi connectivity index (χ3v) is 4.44. The highest BCUT2D eigenvalue weighted by Crippen LogP contribution is 2.27. The Balaban J connectivity index is 1.61. The number of nitrogens with zero attached hydrogens (tertiary/aromatic N) is 4. The summed E-state index contributed by atoms with van der Waals surface area (Å²) in [7, 11) is 0. The summed E-state index contributed by atoms with van der Waals surface area (Å²) in [6.45, 7) is 4.40. The van der Waals surface area contributed by atoms with E-state index in [2.05, 4.69) is 22.5 Å². The van der Waals surface area contributed by atoms with Crippen LogP contribution in [0.2, 0.25) is 0 Å². The van der Waals surface area contributed by atoms with Crippen molar-refractivity contribution in [3.63, 3.8) is 0 Å². The van der Waals surface area contributed by atoms with E-state index in [1.165, 1.54) is 12.8 Å². The number of carbonyl (C=O) groups excluding carboxylic acids is 1. The maximum absolute atomic E-state index is 12.2. The number of nitrogens with one attached hydrogen (secondary N) is 2. The van der Waals surface area contributed by atoms with Crippen molar-refractivity contribution >= 4 is 11.4 Å². The lowest BCUT2D eigenvalue weighted by molar-refractivity contribution is 0.0947. The van der Waals surface area contributed by atoms with Crippen molar-refractivity contribution in [1.82, 2.24) is 29.6 Å². The van der Waals surface area contributed by atoms with Gasteiger partial charge in [0.25, 0.3) is 5.91 Å². The summed E-state index contributed by atoms with van der Waals surface area (Å²) in [6, 6.07) is 6.01. The van der Waals surface area contributed by atoms with Gasteiger partial charge in [-0.3, -0.25) is 13.8 Å². The minimum atomic E-state index is -0.126. The zero-order valence-corrected chi connectivity index (χ0v) is 14.3. The smallest absolute Gasteiger partial charge is 0.271 e. The van der Waals surface area contributed by atoms with E-state index < -0.39 is 0 Å². The van der Waals surface area contributed by atoms with E-state index in [9.17, 15) is 4.79 Å². The van der Waals surface area contributed by atoms with Crippen LogP contribution in [0.5, 0.6) is 0 Å². The molecule has 0 saturated heterocycles. The van der Waals surface area contributed by atoms with Crippen molar-refractivity contribution in [2.75, 3.05) is 13.1 Å². The molecule has 0 aliphatic heterocycles. The average Bonchev–Trinajstić information content (AvgIpc) is 3.21. The molecule has 4 rings (SSSR count). The SMILES string of the molecule is CCNCc1nc(-n2cnc(C(=O)NCC3CC3)c2)n2ccccc12. The van der Waals surface area contributed by atoms with Crippen molar-refractivity contribution < 1.29 is 4.79 Å². The molecule has 130 valence electrons. The van der Waals surface area contributed by atoms with Crippen molar-refractivity contribution in [2.24, 2.45) is 5.92 Å². The second-order valence-electron chi connectivity index (χ2n) is 6.41. The van der Waals surface area contributed by atoms with E-state index >= 15 is 0 Å². The van der Waals surface area contributed by atoms with Gasteiger partial charge >= 0.3 is 0 Å². The number of aromatic nitrogens is 4. The van der Waals surface area contributed by atoms with Crippen LogP contribution in [-0.2, 0) is 6.54 Å². The monoisotopic (exact) mass is 338 g/mol. The minimum absolute atomic E-state index is 0.126. The molecule has 0 aromatic carbocycles. The molecule has 0 spiro atoms. The van der Waals surface area contributed by atoms with Crippen LogP contribution in [-0.4, -0.2) is 37.9 Å². The van der Waals surface area contributed by atoms with Crippen LogP contribution in [0.3, 0.4) is 0 Å². The molecule has 25 heavy (non-hydrogen) atoms. The van der Waals surface area contributed by atoms with Crippen LogP contribution < -0.4 is 10.6 Å². The highest BCUT2D eigenvalue weighted by molar-refractivity contribution is 5.92. The Bertz CT molecular complexity index is 892. The van der Waals surface area contributed by atoms with E-state index in [4.69, 9.17) is 4.98 Å². The second kappa shape index (κ2) is 6.68. The molecule has 0 bridgehead atoms. The number of rotatable bonds is 7. The van der Waals surface area contributed by atoms with Gasteiger partial charge in [-0.25, -0.2) is 9.97 Å². The number of carbonyl (C=O) groups is 1. The number of hydrogen-bond acceptors (Lipinski definition) is 4. The number of imidazole rings is 2. The predicted molar refractivity (Wildman–Crippen MR) is 94.8 cm³/mol. The van der Waals surface area contributed by atoms with E-state index in [1.54, 1.807) is 17.1 Å². The first-order chi connectivity index (χ1) is 12.3. The molecule has 1 aliphatic carbocycles. The van der Waals surface area contributed by atoms with E-state index in [0.717, 1.165) is 30.2 Å². The molecule has 1 saturated carbocycles. The summed E-state index contributed by atoms with van der Waals surface area (Å²) in [6.07, 6.45) is 7.78. The average molecular weight is 338 g/mol. The van der Waals surface area contributed by atoms with Crippen LogP contribution in [0.25, 0.3) is 11.5 Å². The largest absolute Gasteiger partial charge is 0.350 e. The highest BCUT2D eigenvalue weighted by atomic mass is 16.1. The fourth-order valence-corrected chi connectivity index (χ4v) is 2.84. The molecule has 2 N–H and O–H groups in total. The lowest BCUT2D eigenvalue weighted by Crippen LogP contribution is -2.25. The predicted octanol–water partition coefficient (Wildman–Crippen LogP) is 1.77. The maximum atomic E-state index is 12.2. The molecule has 0 radical (unpaired) electrons. The lowest BCUT2D eigenvalue weighted by Gasteiger charge is -2.01. The fraction of sp³-hybridized carbons (Fsp3) is 0.389. The number of hydrogen-bond donors (Lipinski definition) is 2. The molecule has 0 unspecified atom stereocenters. The zero-order chi connectivity index (χ0) is 17.2. The Kier molecular flexibility index (Phi) is 4.23. The topological polar surface area (TPSA) is 76.2 Å². The van der Waals surface area contributed by atoms with Crippen molar-refractivity contribution in [3.05, 3.63) is 48.3 Å². The molecule has 7 heteroatoms. The molecular formula is C18H22N6O. The first-order valence-corrected chi connectivity index (χ1v) is 8.75. The third-order valence-electron chi connectivity index (χ3n) is 4.44. The van der Waals surface area contributed by atoms with E-state index in [-0.39, 0.29) is 5.91 Å². The Morgan fingerprint density at radius 2 is 2.24 bits per heavy atom. The molecule has 7 nitrogen and oxygen atoms in total. The van der Waals surface area contributed by atoms with E-state index in [1.807, 2.05) is 28.8 Å². The Morgan fingerprint density at radius 1 is 1.36 bits per heavy atom. The number of pyridine rings is 1. The van der Waals surface area contributed by atoms with Gasteiger partial charge in [-0.15, -0.1) is 0 Å². The zero-order valence-electron chi connectivity index (χ0n) is 14.3.